The molecule has 15 heavy (non-hydrogen) atoms. The van der Waals surface area contributed by atoms with Crippen LogP contribution in [0.25, 0.3) is 11.0 Å². The fraction of sp³-hybridized carbons (Fsp3) is 0.333. The number of fused-ring (bicyclic) bond motifs is 1. The van der Waals surface area contributed by atoms with E-state index in [2.05, 4.69) is 27.0 Å². The monoisotopic (exact) mass is 312 g/mol. The Kier molecular flexibility index (Phi) is 2.71. The second-order valence-corrected chi connectivity index (χ2v) is 19.0. The fourth-order valence-corrected chi connectivity index (χ4v) is 4.38. The number of furan rings is 1. The van der Waals surface area contributed by atoms with Gasteiger partial charge in [-0.3, -0.25) is 0 Å². The van der Waals surface area contributed by atoms with Gasteiger partial charge in [-0.2, -0.15) is 0 Å². The molecule has 0 atom stereocenters. The normalized spacial score (nSPS) is 12.0. The Morgan fingerprint density at radius 3 is 2.47 bits per heavy atom. The Morgan fingerprint density at radius 1 is 1.13 bits per heavy atom. The zero-order valence-corrected chi connectivity index (χ0v) is 12.5. The van der Waals surface area contributed by atoms with Crippen LogP contribution in [0, 0.1) is 0 Å². The second kappa shape index (κ2) is 3.74. The first-order valence-electron chi connectivity index (χ1n) is 5.09. The van der Waals surface area contributed by atoms with E-state index in [1.54, 1.807) is 7.11 Å². The molecular weight excluding hydrogens is 295 g/mol. The third-order valence-electron chi connectivity index (χ3n) is 2.47. The van der Waals surface area contributed by atoms with E-state index in [1.807, 2.05) is 12.1 Å². The van der Waals surface area contributed by atoms with Gasteiger partial charge in [-0.1, -0.05) is 0 Å². The van der Waals surface area contributed by atoms with Gasteiger partial charge in [0, 0.05) is 0 Å². The predicted octanol–water partition coefficient (Wildman–Crippen LogP) is 2.99. The van der Waals surface area contributed by atoms with Crippen molar-refractivity contribution in [2.45, 2.75) is 14.8 Å². The van der Waals surface area contributed by atoms with Gasteiger partial charge in [-0.05, 0) is 0 Å². The number of benzene rings is 1. The predicted molar refractivity (Wildman–Crippen MR) is 65.7 cm³/mol. The van der Waals surface area contributed by atoms with Crippen molar-refractivity contribution in [1.29, 1.82) is 0 Å². The summed E-state index contributed by atoms with van der Waals surface area (Å²) in [6.45, 7) is 0. The van der Waals surface area contributed by atoms with Crippen molar-refractivity contribution < 1.29 is 9.15 Å². The van der Waals surface area contributed by atoms with E-state index in [1.165, 1.54) is 9.16 Å². The molecule has 2 nitrogen and oxygen atoms in total. The van der Waals surface area contributed by atoms with E-state index in [4.69, 9.17) is 9.15 Å². The summed E-state index contributed by atoms with van der Waals surface area (Å²) in [6.07, 6.45) is 0. The Morgan fingerprint density at radius 2 is 1.87 bits per heavy atom. The molecule has 1 aromatic carbocycles. The van der Waals surface area contributed by atoms with Crippen molar-refractivity contribution in [3.05, 3.63) is 24.3 Å². The first-order chi connectivity index (χ1) is 7.00. The molecule has 0 radical (unpaired) electrons. The van der Waals surface area contributed by atoms with Crippen LogP contribution in [-0.2, 0) is 0 Å². The van der Waals surface area contributed by atoms with E-state index in [-0.39, 0.29) is 0 Å². The molecular formula is C12H16O2Sn. The van der Waals surface area contributed by atoms with Gasteiger partial charge in [0.05, 0.1) is 0 Å². The molecule has 0 amide bonds. The van der Waals surface area contributed by atoms with Gasteiger partial charge in [-0.25, -0.2) is 0 Å². The average molecular weight is 311 g/mol. The van der Waals surface area contributed by atoms with Crippen LogP contribution in [0.4, 0.5) is 0 Å². The number of hydrogen-bond donors (Lipinski definition) is 0. The van der Waals surface area contributed by atoms with Crippen LogP contribution in [-0.4, -0.2) is 25.5 Å². The maximum absolute atomic E-state index is 5.89. The van der Waals surface area contributed by atoms with Gasteiger partial charge in [0.15, 0.2) is 0 Å². The van der Waals surface area contributed by atoms with Crippen molar-refractivity contribution in [2.24, 2.45) is 0 Å². The zero-order chi connectivity index (χ0) is 11.1. The summed E-state index contributed by atoms with van der Waals surface area (Å²) in [5, 5.41) is 1.18. The maximum atomic E-state index is 5.89. The third kappa shape index (κ3) is 2.14. The fourth-order valence-electron chi connectivity index (χ4n) is 1.51. The van der Waals surface area contributed by atoms with Gasteiger partial charge in [0.2, 0.25) is 0 Å². The van der Waals surface area contributed by atoms with Gasteiger partial charge >= 0.3 is 94.2 Å². The Balaban J connectivity index is 2.56. The number of methoxy groups -OCH3 is 1. The summed E-state index contributed by atoms with van der Waals surface area (Å²) in [5.41, 5.74) is 0.941. The standard InChI is InChI=1S/C9H7O2.3CH3.Sn/c1-10-8-3-2-7-4-5-11-9(7)6-8;;;;/h2-4,6H,1H3;3*1H3;. The van der Waals surface area contributed by atoms with Crippen LogP contribution in [0.15, 0.2) is 28.7 Å². The van der Waals surface area contributed by atoms with E-state index < -0.39 is 18.4 Å². The summed E-state index contributed by atoms with van der Waals surface area (Å²) < 4.78 is 12.3. The molecule has 0 aliphatic rings. The SMILES string of the molecule is COc1ccc2c[c]([Sn]([CH3])([CH3])[CH3])oc2c1. The molecule has 0 saturated carbocycles. The summed E-state index contributed by atoms with van der Waals surface area (Å²) in [4.78, 5) is 7.05. The van der Waals surface area contributed by atoms with Crippen molar-refractivity contribution in [1.82, 2.24) is 0 Å². The zero-order valence-electron chi connectivity index (χ0n) is 9.63. The molecule has 0 aliphatic heterocycles. The average Bonchev–Trinajstić information content (AvgIpc) is 2.59. The van der Waals surface area contributed by atoms with Crippen LogP contribution >= 0.6 is 0 Å². The van der Waals surface area contributed by atoms with Crippen molar-refractivity contribution >= 4 is 33.1 Å². The molecule has 2 aromatic rings. The molecule has 0 fully saturated rings. The molecule has 0 saturated heterocycles. The van der Waals surface area contributed by atoms with Crippen LogP contribution in [0.3, 0.4) is 0 Å². The Labute approximate surface area is 94.1 Å². The summed E-state index contributed by atoms with van der Waals surface area (Å²) in [7, 11) is 1.67. The summed E-state index contributed by atoms with van der Waals surface area (Å²) >= 11 is -2.07. The first kappa shape index (κ1) is 10.9. The minimum absolute atomic E-state index is 0.854. The Hall–Kier alpha value is -0.641. The van der Waals surface area contributed by atoms with E-state index in [0.717, 1.165) is 11.3 Å². The summed E-state index contributed by atoms with van der Waals surface area (Å²) in [5.74, 6) is 0.854. The Bertz CT molecular complexity index is 480. The summed E-state index contributed by atoms with van der Waals surface area (Å²) in [6, 6.07) is 8.17. The van der Waals surface area contributed by atoms with E-state index >= 15 is 0 Å². The molecule has 80 valence electrons. The van der Waals surface area contributed by atoms with Crippen LogP contribution in [0.1, 0.15) is 0 Å². The number of ether oxygens (including phenoxy) is 1. The second-order valence-electron chi connectivity index (χ2n) is 4.76. The molecule has 0 unspecified atom stereocenters. The first-order valence-corrected chi connectivity index (χ1v) is 15.1. The molecule has 0 aliphatic carbocycles. The van der Waals surface area contributed by atoms with Crippen LogP contribution in [0.2, 0.25) is 14.8 Å². The number of hydrogen-bond acceptors (Lipinski definition) is 2. The van der Waals surface area contributed by atoms with E-state index in [0.29, 0.717) is 0 Å². The molecule has 2 rings (SSSR count). The topological polar surface area (TPSA) is 22.4 Å². The van der Waals surface area contributed by atoms with Crippen LogP contribution in [0.5, 0.6) is 5.75 Å². The van der Waals surface area contributed by atoms with Gasteiger partial charge in [0.1, 0.15) is 0 Å². The quantitative estimate of drug-likeness (QED) is 0.796. The van der Waals surface area contributed by atoms with Crippen molar-refractivity contribution in [3.8, 4) is 5.75 Å². The van der Waals surface area contributed by atoms with Crippen molar-refractivity contribution in [2.75, 3.05) is 7.11 Å². The molecule has 0 N–H and O–H groups in total. The van der Waals surface area contributed by atoms with Gasteiger partial charge in [0.25, 0.3) is 0 Å². The molecule has 0 bridgehead atoms. The molecule has 3 heteroatoms. The molecule has 1 aromatic heterocycles. The molecule has 1 heterocycles. The third-order valence-corrected chi connectivity index (χ3v) is 7.39. The van der Waals surface area contributed by atoms with E-state index in [9.17, 15) is 0 Å². The molecule has 0 spiro atoms. The van der Waals surface area contributed by atoms with Crippen LogP contribution < -0.4 is 8.51 Å². The number of rotatable bonds is 2. The minimum atomic E-state index is -2.07. The van der Waals surface area contributed by atoms with Crippen molar-refractivity contribution in [3.63, 3.8) is 0 Å². The van der Waals surface area contributed by atoms with Gasteiger partial charge in [-0.15, -0.1) is 0 Å². The van der Waals surface area contributed by atoms with Gasteiger partial charge < -0.3 is 0 Å².